The van der Waals surface area contributed by atoms with Crippen molar-refractivity contribution in [1.82, 2.24) is 24.5 Å². The fraction of sp³-hybridized carbons (Fsp3) is 0.800. The quantitative estimate of drug-likeness (QED) is 0.766. The standard InChI is InChI=1S/C20H35N5O2/c1-4-7-25-16-20(5-8-22(2)9-6-20)12-18(25)19(27)24(10-11-26)15-17-13-21-23(3)14-17/h13-14,18,26H,4-12,15-16H2,1-3H3/t18-/m0/s1. The number of hydrogen-bond acceptors (Lipinski definition) is 5. The molecular formula is C20H35N5O2. The molecule has 0 unspecified atom stereocenters. The molecule has 2 fully saturated rings. The van der Waals surface area contributed by atoms with Gasteiger partial charge in [-0.3, -0.25) is 14.4 Å². The predicted octanol–water partition coefficient (Wildman–Crippen LogP) is 0.937. The second-order valence-corrected chi connectivity index (χ2v) is 8.50. The van der Waals surface area contributed by atoms with E-state index in [0.717, 1.165) is 44.6 Å². The first-order valence-electron chi connectivity index (χ1n) is 10.3. The van der Waals surface area contributed by atoms with E-state index in [2.05, 4.69) is 28.9 Å². The summed E-state index contributed by atoms with van der Waals surface area (Å²) in [5.74, 6) is 0.164. The van der Waals surface area contributed by atoms with Crippen LogP contribution in [0.25, 0.3) is 0 Å². The van der Waals surface area contributed by atoms with Gasteiger partial charge < -0.3 is 14.9 Å². The van der Waals surface area contributed by atoms with Crippen LogP contribution in [0.2, 0.25) is 0 Å². The van der Waals surface area contributed by atoms with Gasteiger partial charge in [0.25, 0.3) is 0 Å². The Bertz CT molecular complexity index is 624. The molecule has 0 saturated carbocycles. The van der Waals surface area contributed by atoms with Crippen molar-refractivity contribution in [2.24, 2.45) is 12.5 Å². The number of aliphatic hydroxyl groups excluding tert-OH is 1. The van der Waals surface area contributed by atoms with Crippen molar-refractivity contribution in [3.8, 4) is 0 Å². The van der Waals surface area contributed by atoms with Crippen molar-refractivity contribution < 1.29 is 9.90 Å². The molecule has 1 spiro atoms. The fourth-order valence-electron chi connectivity index (χ4n) is 4.74. The summed E-state index contributed by atoms with van der Waals surface area (Å²) < 4.78 is 1.75. The lowest BCUT2D eigenvalue weighted by Crippen LogP contribution is -2.46. The zero-order valence-electron chi connectivity index (χ0n) is 17.1. The minimum Gasteiger partial charge on any atom is -0.395 e. The Morgan fingerprint density at radius 1 is 1.37 bits per heavy atom. The number of carbonyl (C=O) groups is 1. The van der Waals surface area contributed by atoms with E-state index < -0.39 is 0 Å². The summed E-state index contributed by atoms with van der Waals surface area (Å²) in [6, 6.07) is -0.0587. The van der Waals surface area contributed by atoms with E-state index in [9.17, 15) is 9.90 Å². The monoisotopic (exact) mass is 377 g/mol. The van der Waals surface area contributed by atoms with Gasteiger partial charge in [-0.25, -0.2) is 0 Å². The molecule has 2 saturated heterocycles. The number of aromatic nitrogens is 2. The van der Waals surface area contributed by atoms with E-state index in [4.69, 9.17) is 0 Å². The maximum absolute atomic E-state index is 13.5. The van der Waals surface area contributed by atoms with Crippen LogP contribution in [0.4, 0.5) is 0 Å². The Labute approximate surface area is 162 Å². The largest absolute Gasteiger partial charge is 0.395 e. The highest BCUT2D eigenvalue weighted by Gasteiger charge is 2.48. The average Bonchev–Trinajstić information content (AvgIpc) is 3.21. The molecule has 2 aliphatic rings. The first kappa shape index (κ1) is 20.3. The van der Waals surface area contributed by atoms with Crippen LogP contribution < -0.4 is 0 Å². The Morgan fingerprint density at radius 3 is 2.70 bits per heavy atom. The van der Waals surface area contributed by atoms with Gasteiger partial charge in [0.1, 0.15) is 0 Å². The third kappa shape index (κ3) is 4.70. The topological polar surface area (TPSA) is 64.8 Å². The summed E-state index contributed by atoms with van der Waals surface area (Å²) in [7, 11) is 4.07. The molecule has 1 aromatic rings. The van der Waals surface area contributed by atoms with Crippen molar-refractivity contribution in [3.63, 3.8) is 0 Å². The number of aliphatic hydroxyl groups is 1. The van der Waals surface area contributed by atoms with Crippen LogP contribution in [0.3, 0.4) is 0 Å². The number of likely N-dealkylation sites (tertiary alicyclic amines) is 2. The molecule has 1 N–H and O–H groups in total. The van der Waals surface area contributed by atoms with E-state index in [1.165, 1.54) is 12.8 Å². The molecule has 152 valence electrons. The van der Waals surface area contributed by atoms with Gasteiger partial charge in [-0.2, -0.15) is 5.10 Å². The van der Waals surface area contributed by atoms with Crippen LogP contribution >= 0.6 is 0 Å². The summed E-state index contributed by atoms with van der Waals surface area (Å²) in [6.07, 6.45) is 8.10. The van der Waals surface area contributed by atoms with Gasteiger partial charge in [-0.15, -0.1) is 0 Å². The van der Waals surface area contributed by atoms with Crippen LogP contribution in [0, 0.1) is 5.41 Å². The lowest BCUT2D eigenvalue weighted by Gasteiger charge is -2.37. The summed E-state index contributed by atoms with van der Waals surface area (Å²) >= 11 is 0. The van der Waals surface area contributed by atoms with E-state index >= 15 is 0 Å². The molecule has 2 aliphatic heterocycles. The van der Waals surface area contributed by atoms with Crippen LogP contribution in [0.1, 0.15) is 38.2 Å². The predicted molar refractivity (Wildman–Crippen MR) is 105 cm³/mol. The number of carbonyl (C=O) groups excluding carboxylic acids is 1. The van der Waals surface area contributed by atoms with Crippen molar-refractivity contribution in [2.45, 2.75) is 45.2 Å². The maximum Gasteiger partial charge on any atom is 0.240 e. The molecule has 7 heteroatoms. The third-order valence-corrected chi connectivity index (χ3v) is 6.26. The molecule has 1 amide bonds. The number of hydrogen-bond donors (Lipinski definition) is 1. The first-order chi connectivity index (χ1) is 13.0. The van der Waals surface area contributed by atoms with E-state index in [1.54, 1.807) is 10.9 Å². The summed E-state index contributed by atoms with van der Waals surface area (Å²) in [6.45, 7) is 7.30. The summed E-state index contributed by atoms with van der Waals surface area (Å²) in [5, 5.41) is 13.7. The van der Waals surface area contributed by atoms with Crippen LogP contribution in [-0.2, 0) is 18.4 Å². The van der Waals surface area contributed by atoms with Crippen molar-refractivity contribution in [3.05, 3.63) is 18.0 Å². The van der Waals surface area contributed by atoms with E-state index in [-0.39, 0.29) is 24.0 Å². The van der Waals surface area contributed by atoms with E-state index in [1.807, 2.05) is 18.1 Å². The smallest absolute Gasteiger partial charge is 0.240 e. The minimum atomic E-state index is -0.0587. The molecular weight excluding hydrogens is 342 g/mol. The average molecular weight is 378 g/mol. The van der Waals surface area contributed by atoms with Gasteiger partial charge >= 0.3 is 0 Å². The summed E-state index contributed by atoms with van der Waals surface area (Å²) in [4.78, 5) is 20.1. The zero-order chi connectivity index (χ0) is 19.4. The highest BCUT2D eigenvalue weighted by molar-refractivity contribution is 5.82. The number of rotatable bonds is 7. The van der Waals surface area contributed by atoms with Crippen LogP contribution in [-0.4, -0.2) is 87.9 Å². The third-order valence-electron chi connectivity index (χ3n) is 6.26. The molecule has 0 radical (unpaired) electrons. The summed E-state index contributed by atoms with van der Waals surface area (Å²) in [5.41, 5.74) is 1.29. The number of amides is 1. The van der Waals surface area contributed by atoms with Gasteiger partial charge in [-0.1, -0.05) is 6.92 Å². The lowest BCUT2D eigenvalue weighted by molar-refractivity contribution is -0.137. The van der Waals surface area contributed by atoms with Gasteiger partial charge in [0.2, 0.25) is 5.91 Å². The minimum absolute atomic E-state index is 0.0115. The molecule has 3 heterocycles. The zero-order valence-corrected chi connectivity index (χ0v) is 17.1. The normalized spacial score (nSPS) is 23.2. The second kappa shape index (κ2) is 8.71. The van der Waals surface area contributed by atoms with Gasteiger partial charge in [0.05, 0.1) is 18.8 Å². The van der Waals surface area contributed by atoms with Crippen molar-refractivity contribution in [1.29, 1.82) is 0 Å². The maximum atomic E-state index is 13.5. The molecule has 27 heavy (non-hydrogen) atoms. The fourth-order valence-corrected chi connectivity index (χ4v) is 4.74. The van der Waals surface area contributed by atoms with Crippen LogP contribution in [0.5, 0.6) is 0 Å². The van der Waals surface area contributed by atoms with Gasteiger partial charge in [-0.05, 0) is 57.8 Å². The van der Waals surface area contributed by atoms with E-state index in [0.29, 0.717) is 13.1 Å². The highest BCUT2D eigenvalue weighted by atomic mass is 16.3. The van der Waals surface area contributed by atoms with Gasteiger partial charge in [0, 0.05) is 38.4 Å². The molecule has 1 atom stereocenters. The Morgan fingerprint density at radius 2 is 2.11 bits per heavy atom. The molecule has 7 nitrogen and oxygen atoms in total. The molecule has 3 rings (SSSR count). The number of aryl methyl sites for hydroxylation is 1. The van der Waals surface area contributed by atoms with Gasteiger partial charge in [0.15, 0.2) is 0 Å². The van der Waals surface area contributed by atoms with Crippen molar-refractivity contribution in [2.75, 3.05) is 46.4 Å². The molecule has 0 aliphatic carbocycles. The van der Waals surface area contributed by atoms with Crippen LogP contribution in [0.15, 0.2) is 12.4 Å². The SMILES string of the molecule is CCCN1CC2(CCN(C)CC2)C[C@H]1C(=O)N(CCO)Cc1cnn(C)c1. The Kier molecular flexibility index (Phi) is 6.55. The second-order valence-electron chi connectivity index (χ2n) is 8.50. The number of piperidine rings is 1. The highest BCUT2D eigenvalue weighted by Crippen LogP contribution is 2.43. The first-order valence-corrected chi connectivity index (χ1v) is 10.3. The van der Waals surface area contributed by atoms with Crippen molar-refractivity contribution >= 4 is 5.91 Å². The Hall–Kier alpha value is -1.44. The number of nitrogens with zero attached hydrogens (tertiary/aromatic N) is 5. The molecule has 0 bridgehead atoms. The molecule has 1 aromatic heterocycles. The molecule has 0 aromatic carbocycles. The lowest BCUT2D eigenvalue weighted by atomic mass is 9.76. The Balaban J connectivity index is 1.74.